The number of nitrogens with zero attached hydrogens (tertiary/aromatic N) is 2. The summed E-state index contributed by atoms with van der Waals surface area (Å²) in [5.41, 5.74) is 1.53. The first-order valence-corrected chi connectivity index (χ1v) is 7.33. The first-order chi connectivity index (χ1) is 10.0. The van der Waals surface area contributed by atoms with Crippen LogP contribution in [0.4, 0.5) is 0 Å². The van der Waals surface area contributed by atoms with E-state index in [2.05, 4.69) is 16.5 Å². The lowest BCUT2D eigenvalue weighted by Crippen LogP contribution is -2.37. The first-order valence-electron chi connectivity index (χ1n) is 7.33. The van der Waals surface area contributed by atoms with E-state index in [0.29, 0.717) is 5.76 Å². The fourth-order valence-corrected chi connectivity index (χ4v) is 2.42. The predicted molar refractivity (Wildman–Crippen MR) is 81.1 cm³/mol. The number of ether oxygens (including phenoxy) is 1. The van der Waals surface area contributed by atoms with Gasteiger partial charge in [0.05, 0.1) is 24.7 Å². The van der Waals surface area contributed by atoms with Crippen LogP contribution >= 0.6 is 0 Å². The summed E-state index contributed by atoms with van der Waals surface area (Å²) in [6.45, 7) is 12.2. The molecule has 112 valence electrons. The van der Waals surface area contributed by atoms with Gasteiger partial charge in [-0.2, -0.15) is 0 Å². The summed E-state index contributed by atoms with van der Waals surface area (Å²) in [4.78, 5) is 6.86. The highest BCUT2D eigenvalue weighted by Crippen LogP contribution is 2.28. The van der Waals surface area contributed by atoms with Crippen LogP contribution in [-0.2, 0) is 20.6 Å². The highest BCUT2D eigenvalue weighted by Gasteiger charge is 2.42. The topological polar surface area (TPSA) is 43.8 Å². The lowest BCUT2D eigenvalue weighted by molar-refractivity contribution is 0.0336. The molecule has 0 aromatic carbocycles. The van der Waals surface area contributed by atoms with Crippen LogP contribution in [-0.4, -0.2) is 48.9 Å². The second-order valence-electron chi connectivity index (χ2n) is 5.97. The standard InChI is InChI=1S/C15H21BN2O3/c1-12-15(2,3)21-16(20-12)13-4-5-14(17-10-13)11-18-6-8-19-9-7-18/h4-5,10H,1,6-9,11H2,2-3H3. The minimum atomic E-state index is -0.447. The third-order valence-electron chi connectivity index (χ3n) is 3.93. The molecule has 0 aliphatic carbocycles. The first kappa shape index (κ1) is 14.6. The molecule has 0 saturated carbocycles. The minimum absolute atomic E-state index is 0.405. The normalized spacial score (nSPS) is 22.4. The molecular formula is C15H21BN2O3. The van der Waals surface area contributed by atoms with Crippen molar-refractivity contribution in [3.63, 3.8) is 0 Å². The van der Waals surface area contributed by atoms with E-state index in [1.54, 1.807) is 0 Å². The zero-order chi connectivity index (χ0) is 14.9. The van der Waals surface area contributed by atoms with Gasteiger partial charge in [0.1, 0.15) is 5.60 Å². The molecule has 0 spiro atoms. The van der Waals surface area contributed by atoms with Crippen molar-refractivity contribution in [2.24, 2.45) is 0 Å². The van der Waals surface area contributed by atoms with Gasteiger partial charge >= 0.3 is 7.12 Å². The summed E-state index contributed by atoms with van der Waals surface area (Å²) in [5, 5.41) is 0. The smallest absolute Gasteiger partial charge is 0.534 e. The van der Waals surface area contributed by atoms with Crippen LogP contribution in [0.2, 0.25) is 0 Å². The number of pyridine rings is 1. The lowest BCUT2D eigenvalue weighted by atomic mass is 9.80. The van der Waals surface area contributed by atoms with Gasteiger partial charge in [-0.1, -0.05) is 12.6 Å². The average molecular weight is 288 g/mol. The van der Waals surface area contributed by atoms with Crippen LogP contribution < -0.4 is 5.46 Å². The molecule has 0 radical (unpaired) electrons. The highest BCUT2D eigenvalue weighted by atomic mass is 16.7. The Labute approximate surface area is 126 Å². The van der Waals surface area contributed by atoms with E-state index in [9.17, 15) is 0 Å². The van der Waals surface area contributed by atoms with E-state index >= 15 is 0 Å². The molecule has 2 saturated heterocycles. The highest BCUT2D eigenvalue weighted by molar-refractivity contribution is 6.62. The maximum atomic E-state index is 5.85. The zero-order valence-electron chi connectivity index (χ0n) is 12.7. The van der Waals surface area contributed by atoms with Crippen LogP contribution in [0.5, 0.6) is 0 Å². The van der Waals surface area contributed by atoms with Crippen LogP contribution in [0.25, 0.3) is 0 Å². The van der Waals surface area contributed by atoms with E-state index in [1.807, 2.05) is 32.2 Å². The number of hydrogen-bond donors (Lipinski definition) is 0. The van der Waals surface area contributed by atoms with Crippen molar-refractivity contribution in [3.05, 3.63) is 36.4 Å². The number of hydrogen-bond acceptors (Lipinski definition) is 5. The van der Waals surface area contributed by atoms with Gasteiger partial charge in [-0.15, -0.1) is 0 Å². The van der Waals surface area contributed by atoms with Gasteiger partial charge < -0.3 is 14.0 Å². The molecule has 1 aromatic rings. The van der Waals surface area contributed by atoms with Gasteiger partial charge in [0.15, 0.2) is 0 Å². The van der Waals surface area contributed by atoms with Crippen LogP contribution in [0.3, 0.4) is 0 Å². The third kappa shape index (κ3) is 3.28. The SMILES string of the molecule is C=C1OB(c2ccc(CN3CCOCC3)nc2)OC1(C)C. The second kappa shape index (κ2) is 5.79. The molecule has 2 aliphatic heterocycles. The second-order valence-corrected chi connectivity index (χ2v) is 5.97. The van der Waals surface area contributed by atoms with E-state index in [4.69, 9.17) is 14.0 Å². The largest absolute Gasteiger partial charge is 0.564 e. The van der Waals surface area contributed by atoms with Crippen molar-refractivity contribution in [3.8, 4) is 0 Å². The Hall–Kier alpha value is -1.37. The van der Waals surface area contributed by atoms with Gasteiger partial charge in [-0.3, -0.25) is 9.88 Å². The van der Waals surface area contributed by atoms with Gasteiger partial charge in [0.2, 0.25) is 0 Å². The van der Waals surface area contributed by atoms with Gasteiger partial charge in [-0.05, 0) is 19.9 Å². The maximum Gasteiger partial charge on any atom is 0.564 e. The third-order valence-corrected chi connectivity index (χ3v) is 3.93. The summed E-state index contributed by atoms with van der Waals surface area (Å²) in [6.07, 6.45) is 1.83. The molecule has 2 aliphatic rings. The number of rotatable bonds is 3. The molecule has 21 heavy (non-hydrogen) atoms. The van der Waals surface area contributed by atoms with Crippen molar-refractivity contribution < 1.29 is 14.0 Å². The quantitative estimate of drug-likeness (QED) is 0.775. The van der Waals surface area contributed by atoms with Crippen molar-refractivity contribution in [2.75, 3.05) is 26.3 Å². The minimum Gasteiger partial charge on any atom is -0.534 e. The molecule has 0 atom stereocenters. The Morgan fingerprint density at radius 1 is 1.33 bits per heavy atom. The summed E-state index contributed by atoms with van der Waals surface area (Å²) in [5.74, 6) is 0.657. The van der Waals surface area contributed by atoms with Crippen molar-refractivity contribution in [2.45, 2.75) is 26.0 Å². The van der Waals surface area contributed by atoms with Crippen LogP contribution in [0.1, 0.15) is 19.5 Å². The Kier molecular flexibility index (Phi) is 4.02. The summed E-state index contributed by atoms with van der Waals surface area (Å²) in [6, 6.07) is 4.05. The number of aromatic nitrogens is 1. The number of morpholine rings is 1. The Morgan fingerprint density at radius 3 is 2.67 bits per heavy atom. The summed E-state index contributed by atoms with van der Waals surface area (Å²) < 4.78 is 16.9. The van der Waals surface area contributed by atoms with E-state index in [0.717, 1.165) is 44.0 Å². The molecule has 6 heteroatoms. The molecule has 0 amide bonds. The van der Waals surface area contributed by atoms with E-state index in [-0.39, 0.29) is 0 Å². The molecule has 5 nitrogen and oxygen atoms in total. The molecule has 3 heterocycles. The van der Waals surface area contributed by atoms with Crippen LogP contribution in [0, 0.1) is 0 Å². The molecule has 1 aromatic heterocycles. The zero-order valence-corrected chi connectivity index (χ0v) is 12.7. The molecular weight excluding hydrogens is 267 g/mol. The van der Waals surface area contributed by atoms with Crippen molar-refractivity contribution in [1.29, 1.82) is 0 Å². The fraction of sp³-hybridized carbons (Fsp3) is 0.533. The molecule has 2 fully saturated rings. The van der Waals surface area contributed by atoms with Gasteiger partial charge in [-0.25, -0.2) is 0 Å². The fourth-order valence-electron chi connectivity index (χ4n) is 2.42. The Balaban J connectivity index is 1.63. The molecule has 3 rings (SSSR count). The molecule has 0 N–H and O–H groups in total. The maximum absolute atomic E-state index is 5.85. The molecule has 0 unspecified atom stereocenters. The van der Waals surface area contributed by atoms with Gasteiger partial charge in [0, 0.05) is 31.3 Å². The lowest BCUT2D eigenvalue weighted by Gasteiger charge is -2.26. The Bertz CT molecular complexity index is 512. The monoisotopic (exact) mass is 288 g/mol. The Morgan fingerprint density at radius 2 is 2.10 bits per heavy atom. The van der Waals surface area contributed by atoms with Gasteiger partial charge in [0.25, 0.3) is 0 Å². The summed E-state index contributed by atoms with van der Waals surface area (Å²) >= 11 is 0. The average Bonchev–Trinajstić information content (AvgIpc) is 2.75. The van der Waals surface area contributed by atoms with E-state index < -0.39 is 12.7 Å². The van der Waals surface area contributed by atoms with Crippen LogP contribution in [0.15, 0.2) is 30.7 Å². The van der Waals surface area contributed by atoms with E-state index in [1.165, 1.54) is 0 Å². The van der Waals surface area contributed by atoms with Crippen molar-refractivity contribution in [1.82, 2.24) is 9.88 Å². The van der Waals surface area contributed by atoms with Crippen molar-refractivity contribution >= 4 is 12.6 Å². The summed E-state index contributed by atoms with van der Waals surface area (Å²) in [7, 11) is -0.405. The molecule has 0 bridgehead atoms. The predicted octanol–water partition coefficient (Wildman–Crippen LogP) is 0.948.